The van der Waals surface area contributed by atoms with Gasteiger partial charge in [-0.25, -0.2) is 4.39 Å². The topological polar surface area (TPSA) is 59.1 Å². The molecule has 30 heavy (non-hydrogen) atoms. The minimum atomic E-state index is -0.510. The number of hydrogen-bond donors (Lipinski definition) is 0. The van der Waals surface area contributed by atoms with Crippen LogP contribution in [0.2, 0.25) is 5.02 Å². The molecule has 3 rings (SSSR count). The van der Waals surface area contributed by atoms with E-state index >= 15 is 0 Å². The molecule has 0 aromatic heterocycles. The molecule has 0 bridgehead atoms. The summed E-state index contributed by atoms with van der Waals surface area (Å²) in [4.78, 5) is 27.4. The summed E-state index contributed by atoms with van der Waals surface area (Å²) >= 11 is 11.4. The number of carbonyl (C=O) groups is 2. The SMILES string of the molecule is COc1cc(C=C2C(=O)N(C)C(=S)N(C)C2=O)cc(Cl)c1OCc1cccc(F)c1. The second kappa shape index (κ2) is 8.81. The molecular weight excluding hydrogens is 431 g/mol. The Morgan fingerprint density at radius 2 is 1.80 bits per heavy atom. The van der Waals surface area contributed by atoms with Gasteiger partial charge in [0.2, 0.25) is 0 Å². The highest BCUT2D eigenvalue weighted by atomic mass is 35.5. The number of methoxy groups -OCH3 is 1. The van der Waals surface area contributed by atoms with E-state index in [0.29, 0.717) is 16.9 Å². The summed E-state index contributed by atoms with van der Waals surface area (Å²) in [6.07, 6.45) is 1.42. The van der Waals surface area contributed by atoms with Crippen molar-refractivity contribution in [1.82, 2.24) is 9.80 Å². The highest BCUT2D eigenvalue weighted by Crippen LogP contribution is 2.37. The molecule has 0 atom stereocenters. The maximum Gasteiger partial charge on any atom is 0.265 e. The Morgan fingerprint density at radius 3 is 2.40 bits per heavy atom. The van der Waals surface area contributed by atoms with Crippen LogP contribution in [0.3, 0.4) is 0 Å². The van der Waals surface area contributed by atoms with Gasteiger partial charge >= 0.3 is 0 Å². The van der Waals surface area contributed by atoms with Crippen molar-refractivity contribution in [3.63, 3.8) is 0 Å². The van der Waals surface area contributed by atoms with Crippen LogP contribution < -0.4 is 9.47 Å². The Kier molecular flexibility index (Phi) is 6.38. The predicted molar refractivity (Wildman–Crippen MR) is 115 cm³/mol. The molecule has 2 amide bonds. The second-order valence-corrected chi connectivity index (χ2v) is 7.29. The molecule has 2 aromatic carbocycles. The lowest BCUT2D eigenvalue weighted by Gasteiger charge is -2.31. The Bertz CT molecular complexity index is 1050. The van der Waals surface area contributed by atoms with E-state index in [1.165, 1.54) is 49.2 Å². The van der Waals surface area contributed by atoms with Gasteiger partial charge in [0.1, 0.15) is 18.0 Å². The number of hydrogen-bond acceptors (Lipinski definition) is 5. The number of thiocarbonyl (C=S) groups is 1. The third-order valence-electron chi connectivity index (χ3n) is 4.48. The normalized spacial score (nSPS) is 14.3. The molecule has 0 aliphatic carbocycles. The van der Waals surface area contributed by atoms with E-state index in [0.717, 1.165) is 0 Å². The van der Waals surface area contributed by atoms with Crippen LogP contribution in [0, 0.1) is 5.82 Å². The van der Waals surface area contributed by atoms with E-state index in [1.54, 1.807) is 24.3 Å². The number of carbonyl (C=O) groups excluding carboxylic acids is 2. The fourth-order valence-electron chi connectivity index (χ4n) is 2.89. The van der Waals surface area contributed by atoms with E-state index in [1.807, 2.05) is 0 Å². The van der Waals surface area contributed by atoms with Crippen LogP contribution in [0.4, 0.5) is 4.39 Å². The molecule has 0 radical (unpaired) electrons. The average molecular weight is 449 g/mol. The fraction of sp³-hybridized carbons (Fsp3) is 0.190. The van der Waals surface area contributed by atoms with Crippen molar-refractivity contribution in [2.24, 2.45) is 0 Å². The van der Waals surface area contributed by atoms with Gasteiger partial charge in [0.05, 0.1) is 12.1 Å². The first-order chi connectivity index (χ1) is 14.2. The molecule has 0 unspecified atom stereocenters. The summed E-state index contributed by atoms with van der Waals surface area (Å²) in [5, 5.41) is 0.337. The first-order valence-electron chi connectivity index (χ1n) is 8.79. The number of likely N-dealkylation sites (N-methyl/N-ethyl adjacent to an activating group) is 2. The Morgan fingerprint density at radius 1 is 1.13 bits per heavy atom. The maximum atomic E-state index is 13.4. The first-order valence-corrected chi connectivity index (χ1v) is 9.58. The molecule has 1 aliphatic rings. The molecule has 0 spiro atoms. The zero-order valence-corrected chi connectivity index (χ0v) is 18.0. The van der Waals surface area contributed by atoms with Crippen LogP contribution in [-0.4, -0.2) is 47.9 Å². The van der Waals surface area contributed by atoms with Crippen molar-refractivity contribution in [1.29, 1.82) is 0 Å². The summed E-state index contributed by atoms with van der Waals surface area (Å²) in [5.41, 5.74) is 1.04. The van der Waals surface area contributed by atoms with Gasteiger partial charge < -0.3 is 9.47 Å². The average Bonchev–Trinajstić information content (AvgIpc) is 2.73. The van der Waals surface area contributed by atoms with E-state index in [-0.39, 0.29) is 33.9 Å². The number of benzene rings is 2. The van der Waals surface area contributed by atoms with Gasteiger partial charge in [0.15, 0.2) is 16.6 Å². The van der Waals surface area contributed by atoms with Crippen LogP contribution in [0.25, 0.3) is 6.08 Å². The van der Waals surface area contributed by atoms with Gasteiger partial charge in [-0.15, -0.1) is 0 Å². The lowest BCUT2D eigenvalue weighted by molar-refractivity contribution is -0.132. The Hall–Kier alpha value is -2.97. The van der Waals surface area contributed by atoms with Crippen molar-refractivity contribution in [2.75, 3.05) is 21.2 Å². The van der Waals surface area contributed by atoms with Crippen LogP contribution in [0.5, 0.6) is 11.5 Å². The van der Waals surface area contributed by atoms with Crippen molar-refractivity contribution in [3.05, 3.63) is 63.9 Å². The standard InChI is InChI=1S/C21H18ClFN2O4S/c1-24-19(26)15(20(27)25(2)21(24)30)8-13-9-16(22)18(17(10-13)28-3)29-11-12-5-4-6-14(23)7-12/h4-10H,11H2,1-3H3. The first kappa shape index (κ1) is 21.7. The minimum Gasteiger partial charge on any atom is -0.493 e. The van der Waals surface area contributed by atoms with Gasteiger partial charge in [-0.1, -0.05) is 23.7 Å². The third kappa shape index (κ3) is 4.29. The van der Waals surface area contributed by atoms with E-state index in [2.05, 4.69) is 0 Å². The van der Waals surface area contributed by atoms with Gasteiger partial charge in [0.25, 0.3) is 11.8 Å². The van der Waals surface area contributed by atoms with Crippen LogP contribution in [-0.2, 0) is 16.2 Å². The molecule has 0 N–H and O–H groups in total. The lowest BCUT2D eigenvalue weighted by Crippen LogP contribution is -2.52. The summed E-state index contributed by atoms with van der Waals surface area (Å²) in [7, 11) is 4.44. The summed E-state index contributed by atoms with van der Waals surface area (Å²) in [6, 6.07) is 9.14. The molecule has 0 saturated carbocycles. The highest BCUT2D eigenvalue weighted by molar-refractivity contribution is 7.80. The Labute approximate surface area is 183 Å². The molecule has 2 aromatic rings. The maximum absolute atomic E-state index is 13.4. The fourth-order valence-corrected chi connectivity index (χ4v) is 3.33. The van der Waals surface area contributed by atoms with Crippen molar-refractivity contribution in [3.8, 4) is 11.5 Å². The lowest BCUT2D eigenvalue weighted by atomic mass is 10.1. The van der Waals surface area contributed by atoms with Crippen molar-refractivity contribution in [2.45, 2.75) is 6.61 Å². The number of amides is 2. The van der Waals surface area contributed by atoms with Crippen LogP contribution in [0.1, 0.15) is 11.1 Å². The van der Waals surface area contributed by atoms with Crippen molar-refractivity contribution >= 4 is 46.8 Å². The van der Waals surface area contributed by atoms with Gasteiger partial charge in [0, 0.05) is 14.1 Å². The van der Waals surface area contributed by atoms with Crippen LogP contribution in [0.15, 0.2) is 42.0 Å². The van der Waals surface area contributed by atoms with Gasteiger partial charge in [-0.3, -0.25) is 19.4 Å². The molecule has 1 heterocycles. The molecule has 6 nitrogen and oxygen atoms in total. The summed E-state index contributed by atoms with van der Waals surface area (Å²) in [6.45, 7) is 0.0816. The van der Waals surface area contributed by atoms with Crippen molar-refractivity contribution < 1.29 is 23.5 Å². The van der Waals surface area contributed by atoms with E-state index in [9.17, 15) is 14.0 Å². The molecule has 1 fully saturated rings. The van der Waals surface area contributed by atoms with Gasteiger partial charge in [-0.2, -0.15) is 0 Å². The molecule has 9 heteroatoms. The Balaban J connectivity index is 1.91. The minimum absolute atomic E-state index is 0.0554. The summed E-state index contributed by atoms with van der Waals surface area (Å²) < 4.78 is 24.4. The van der Waals surface area contributed by atoms with E-state index in [4.69, 9.17) is 33.3 Å². The molecule has 1 aliphatic heterocycles. The predicted octanol–water partition coefficient (Wildman–Crippen LogP) is 3.67. The zero-order valence-electron chi connectivity index (χ0n) is 16.4. The molecule has 1 saturated heterocycles. The monoisotopic (exact) mass is 448 g/mol. The number of rotatable bonds is 5. The summed E-state index contributed by atoms with van der Waals surface area (Å²) in [5.74, 6) is -0.817. The third-order valence-corrected chi connectivity index (χ3v) is 5.31. The largest absolute Gasteiger partial charge is 0.493 e. The number of ether oxygens (including phenoxy) is 2. The smallest absolute Gasteiger partial charge is 0.265 e. The van der Waals surface area contributed by atoms with E-state index < -0.39 is 11.8 Å². The van der Waals surface area contributed by atoms with Crippen LogP contribution >= 0.6 is 23.8 Å². The van der Waals surface area contributed by atoms with Gasteiger partial charge in [-0.05, 0) is 53.7 Å². The number of nitrogens with zero attached hydrogens (tertiary/aromatic N) is 2. The zero-order chi connectivity index (χ0) is 22.0. The number of halogens is 2. The second-order valence-electron chi connectivity index (χ2n) is 6.52. The molecule has 156 valence electrons. The quantitative estimate of drug-likeness (QED) is 0.397. The highest BCUT2D eigenvalue weighted by Gasteiger charge is 2.35. The molecular formula is C21H18ClFN2O4S.